The predicted molar refractivity (Wildman–Crippen MR) is 88.7 cm³/mol. The van der Waals surface area contributed by atoms with Crippen molar-refractivity contribution in [1.29, 1.82) is 0 Å². The minimum atomic E-state index is -0.506. The molecular formula is C16H13N7O2. The summed E-state index contributed by atoms with van der Waals surface area (Å²) in [5.41, 5.74) is 1.68. The second kappa shape index (κ2) is 5.78. The zero-order chi connectivity index (χ0) is 17.4. The lowest BCUT2D eigenvalue weighted by Gasteiger charge is -2.06. The van der Waals surface area contributed by atoms with Crippen molar-refractivity contribution in [2.75, 3.05) is 5.32 Å². The maximum atomic E-state index is 12.1. The molecular weight excluding hydrogens is 322 g/mol. The zero-order valence-corrected chi connectivity index (χ0v) is 13.5. The summed E-state index contributed by atoms with van der Waals surface area (Å²) < 4.78 is 6.99. The maximum absolute atomic E-state index is 12.1. The molecule has 0 aliphatic heterocycles. The molecule has 0 aliphatic rings. The van der Waals surface area contributed by atoms with Gasteiger partial charge >= 0.3 is 11.8 Å². The summed E-state index contributed by atoms with van der Waals surface area (Å²) in [5.74, 6) is 0.0945. The van der Waals surface area contributed by atoms with E-state index in [1.165, 1.54) is 0 Å². The highest BCUT2D eigenvalue weighted by Gasteiger charge is 2.14. The number of amides is 1. The van der Waals surface area contributed by atoms with Gasteiger partial charge in [0.05, 0.1) is 23.9 Å². The molecule has 0 atom stereocenters. The maximum Gasteiger partial charge on any atom is 0.314 e. The number of hydrogen-bond donors (Lipinski definition) is 1. The van der Waals surface area contributed by atoms with E-state index in [1.807, 2.05) is 17.7 Å². The molecule has 0 aliphatic carbocycles. The minimum absolute atomic E-state index is 0.107. The Hall–Kier alpha value is -3.62. The fourth-order valence-electron chi connectivity index (χ4n) is 2.41. The Kier molecular flexibility index (Phi) is 3.46. The van der Waals surface area contributed by atoms with E-state index < -0.39 is 5.91 Å². The van der Waals surface area contributed by atoms with Gasteiger partial charge in [-0.15, -0.1) is 10.2 Å². The highest BCUT2D eigenvalue weighted by Crippen LogP contribution is 2.22. The molecule has 0 aromatic carbocycles. The Labute approximate surface area is 141 Å². The summed E-state index contributed by atoms with van der Waals surface area (Å²) in [4.78, 5) is 24.8. The van der Waals surface area contributed by atoms with E-state index in [0.29, 0.717) is 11.7 Å². The van der Waals surface area contributed by atoms with Crippen LogP contribution in [0.3, 0.4) is 0 Å². The van der Waals surface area contributed by atoms with E-state index in [0.717, 1.165) is 22.2 Å². The highest BCUT2D eigenvalue weighted by atomic mass is 16.4. The highest BCUT2D eigenvalue weighted by molar-refractivity contribution is 6.01. The molecule has 0 saturated heterocycles. The van der Waals surface area contributed by atoms with Gasteiger partial charge in [0.2, 0.25) is 5.89 Å². The SMILES string of the molecule is Cc1nnc(C(=O)Nc2cc3cc(-c4cncn4C)ncc3cn2)o1. The first kappa shape index (κ1) is 14.9. The number of nitrogens with one attached hydrogen (secondary N) is 1. The molecule has 0 spiro atoms. The molecule has 4 heterocycles. The van der Waals surface area contributed by atoms with E-state index in [9.17, 15) is 4.79 Å². The second-order valence-corrected chi connectivity index (χ2v) is 5.46. The first-order chi connectivity index (χ1) is 12.1. The van der Waals surface area contributed by atoms with Gasteiger partial charge in [-0.25, -0.2) is 9.97 Å². The fourth-order valence-corrected chi connectivity index (χ4v) is 2.41. The van der Waals surface area contributed by atoms with Crippen molar-refractivity contribution in [2.24, 2.45) is 7.05 Å². The van der Waals surface area contributed by atoms with Crippen molar-refractivity contribution >= 4 is 22.5 Å². The van der Waals surface area contributed by atoms with Gasteiger partial charge in [0.1, 0.15) is 5.82 Å². The molecule has 0 bridgehead atoms. The summed E-state index contributed by atoms with van der Waals surface area (Å²) in [7, 11) is 1.90. The molecule has 0 radical (unpaired) electrons. The molecule has 1 amide bonds. The summed E-state index contributed by atoms with van der Waals surface area (Å²) >= 11 is 0. The Morgan fingerprint density at radius 3 is 2.68 bits per heavy atom. The number of carbonyl (C=O) groups excluding carboxylic acids is 1. The molecule has 1 N–H and O–H groups in total. The molecule has 0 fully saturated rings. The molecule has 124 valence electrons. The Morgan fingerprint density at radius 1 is 1.12 bits per heavy atom. The quantitative estimate of drug-likeness (QED) is 0.609. The molecule has 9 nitrogen and oxygen atoms in total. The predicted octanol–water partition coefficient (Wildman–Crippen LogP) is 1.97. The van der Waals surface area contributed by atoms with E-state index >= 15 is 0 Å². The van der Waals surface area contributed by atoms with Gasteiger partial charge < -0.3 is 14.3 Å². The van der Waals surface area contributed by atoms with Crippen LogP contribution in [-0.2, 0) is 7.05 Å². The van der Waals surface area contributed by atoms with E-state index in [-0.39, 0.29) is 5.89 Å². The Bertz CT molecular complexity index is 1080. The number of rotatable bonds is 3. The fraction of sp³-hybridized carbons (Fsp3) is 0.125. The number of fused-ring (bicyclic) bond motifs is 1. The van der Waals surface area contributed by atoms with Crippen LogP contribution in [0.2, 0.25) is 0 Å². The number of pyridine rings is 2. The van der Waals surface area contributed by atoms with E-state index in [4.69, 9.17) is 4.42 Å². The van der Waals surface area contributed by atoms with Crippen LogP contribution in [0.4, 0.5) is 5.82 Å². The van der Waals surface area contributed by atoms with Crippen molar-refractivity contribution in [3.05, 3.63) is 48.8 Å². The number of aromatic nitrogens is 6. The molecule has 0 unspecified atom stereocenters. The van der Waals surface area contributed by atoms with Gasteiger partial charge in [-0.3, -0.25) is 9.78 Å². The van der Waals surface area contributed by atoms with Crippen molar-refractivity contribution in [2.45, 2.75) is 6.92 Å². The van der Waals surface area contributed by atoms with Crippen LogP contribution < -0.4 is 5.32 Å². The lowest BCUT2D eigenvalue weighted by Crippen LogP contribution is -2.13. The Morgan fingerprint density at radius 2 is 1.96 bits per heavy atom. The van der Waals surface area contributed by atoms with Gasteiger partial charge in [0.25, 0.3) is 0 Å². The van der Waals surface area contributed by atoms with Crippen LogP contribution in [0.15, 0.2) is 41.5 Å². The molecule has 4 aromatic heterocycles. The minimum Gasteiger partial charge on any atom is -0.417 e. The van der Waals surface area contributed by atoms with Crippen LogP contribution in [0.5, 0.6) is 0 Å². The number of imidazole rings is 1. The van der Waals surface area contributed by atoms with E-state index in [2.05, 4.69) is 30.5 Å². The molecule has 25 heavy (non-hydrogen) atoms. The van der Waals surface area contributed by atoms with Crippen LogP contribution in [0.25, 0.3) is 22.2 Å². The average Bonchev–Trinajstić information content (AvgIpc) is 3.22. The number of aryl methyl sites for hydroxylation is 2. The lowest BCUT2D eigenvalue weighted by molar-refractivity contribution is 0.0988. The molecule has 4 aromatic rings. The lowest BCUT2D eigenvalue weighted by atomic mass is 10.1. The van der Waals surface area contributed by atoms with Crippen molar-refractivity contribution in [3.8, 4) is 11.4 Å². The zero-order valence-electron chi connectivity index (χ0n) is 13.5. The van der Waals surface area contributed by atoms with Crippen LogP contribution >= 0.6 is 0 Å². The number of anilines is 1. The second-order valence-electron chi connectivity index (χ2n) is 5.46. The topological polar surface area (TPSA) is 112 Å². The largest absolute Gasteiger partial charge is 0.417 e. The third-order valence-corrected chi connectivity index (χ3v) is 3.64. The molecule has 4 rings (SSSR count). The summed E-state index contributed by atoms with van der Waals surface area (Å²) in [6, 6.07) is 3.68. The summed E-state index contributed by atoms with van der Waals surface area (Å²) in [6.07, 6.45) is 6.84. The smallest absolute Gasteiger partial charge is 0.314 e. The molecule has 0 saturated carbocycles. The Balaban J connectivity index is 1.67. The first-order valence-corrected chi connectivity index (χ1v) is 7.44. The summed E-state index contributed by atoms with van der Waals surface area (Å²) in [5, 5.41) is 11.7. The van der Waals surface area contributed by atoms with Crippen molar-refractivity contribution in [1.82, 2.24) is 29.7 Å². The van der Waals surface area contributed by atoms with Gasteiger partial charge in [0.15, 0.2) is 0 Å². The first-order valence-electron chi connectivity index (χ1n) is 7.44. The average molecular weight is 335 g/mol. The van der Waals surface area contributed by atoms with Gasteiger partial charge in [-0.1, -0.05) is 0 Å². The monoisotopic (exact) mass is 335 g/mol. The van der Waals surface area contributed by atoms with Crippen LogP contribution in [0.1, 0.15) is 16.6 Å². The number of nitrogens with zero attached hydrogens (tertiary/aromatic N) is 6. The molecule has 9 heteroatoms. The van der Waals surface area contributed by atoms with Crippen LogP contribution in [0, 0.1) is 6.92 Å². The van der Waals surface area contributed by atoms with Gasteiger partial charge in [-0.2, -0.15) is 0 Å². The van der Waals surface area contributed by atoms with Crippen LogP contribution in [-0.4, -0.2) is 35.6 Å². The third-order valence-electron chi connectivity index (χ3n) is 3.64. The van der Waals surface area contributed by atoms with Gasteiger partial charge in [-0.05, 0) is 17.5 Å². The van der Waals surface area contributed by atoms with E-state index in [1.54, 1.807) is 37.9 Å². The normalized spacial score (nSPS) is 11.0. The van der Waals surface area contributed by atoms with Gasteiger partial charge in [0, 0.05) is 31.8 Å². The standard InChI is InChI=1S/C16H13N7O2/c1-9-21-22-16(25-9)15(24)20-14-4-10-3-12(13-7-17-8-23(13)2)18-5-11(10)6-19-14/h3-8H,1-2H3,(H,19,20,24). The number of hydrogen-bond acceptors (Lipinski definition) is 7. The van der Waals surface area contributed by atoms with Crippen molar-refractivity contribution < 1.29 is 9.21 Å². The third kappa shape index (κ3) is 2.82. The number of carbonyl (C=O) groups is 1. The van der Waals surface area contributed by atoms with Crippen molar-refractivity contribution in [3.63, 3.8) is 0 Å². The summed E-state index contributed by atoms with van der Waals surface area (Å²) in [6.45, 7) is 1.62.